The van der Waals surface area contributed by atoms with Gasteiger partial charge in [-0.05, 0) is 57.7 Å². The number of nitrogens with one attached hydrogen (secondary N) is 2. The first-order valence-electron chi connectivity index (χ1n) is 9.65. The number of hydrogen-bond donors (Lipinski definition) is 2. The minimum atomic E-state index is -0.145. The number of carbonyl (C=O) groups is 1. The van der Waals surface area contributed by atoms with E-state index in [0.717, 1.165) is 18.8 Å². The van der Waals surface area contributed by atoms with Crippen LogP contribution in [0.4, 0.5) is 4.79 Å². The van der Waals surface area contributed by atoms with Crippen LogP contribution in [0.3, 0.4) is 0 Å². The molecular formula is C21H30N4O2. The summed E-state index contributed by atoms with van der Waals surface area (Å²) in [5.74, 6) is 0.910. The Bertz CT molecular complexity index is 681. The molecule has 3 rings (SSSR count). The van der Waals surface area contributed by atoms with Crippen molar-refractivity contribution in [1.29, 1.82) is 0 Å². The number of benzene rings is 1. The maximum Gasteiger partial charge on any atom is 0.314 e. The molecule has 6 heteroatoms. The predicted octanol–water partition coefficient (Wildman–Crippen LogP) is 3.02. The molecule has 2 unspecified atom stereocenters. The van der Waals surface area contributed by atoms with Crippen molar-refractivity contribution in [2.75, 3.05) is 40.3 Å². The van der Waals surface area contributed by atoms with Crippen LogP contribution in [0.25, 0.3) is 0 Å². The molecule has 2 aromatic rings. The van der Waals surface area contributed by atoms with E-state index >= 15 is 0 Å². The molecule has 0 radical (unpaired) electrons. The summed E-state index contributed by atoms with van der Waals surface area (Å²) in [6, 6.07) is 14.2. The Morgan fingerprint density at radius 1 is 1.07 bits per heavy atom. The lowest BCUT2D eigenvalue weighted by molar-refractivity contribution is 0.201. The number of urea groups is 1. The number of hydrogen-bond acceptors (Lipinski definition) is 4. The maximum atomic E-state index is 12.4. The van der Waals surface area contributed by atoms with Crippen molar-refractivity contribution < 1.29 is 9.21 Å². The lowest BCUT2D eigenvalue weighted by atomic mass is 10.1. The van der Waals surface area contributed by atoms with Crippen LogP contribution in [-0.4, -0.2) is 56.1 Å². The fourth-order valence-corrected chi connectivity index (χ4v) is 3.66. The first-order valence-corrected chi connectivity index (χ1v) is 9.65. The van der Waals surface area contributed by atoms with Gasteiger partial charge in [0.15, 0.2) is 0 Å². The Morgan fingerprint density at radius 2 is 1.78 bits per heavy atom. The Hall–Kier alpha value is -2.31. The van der Waals surface area contributed by atoms with Gasteiger partial charge in [0.25, 0.3) is 0 Å². The van der Waals surface area contributed by atoms with Crippen LogP contribution in [0.5, 0.6) is 0 Å². The standard InChI is InChI=1S/C21H30N4O2/c1-24(2)18(17-9-4-3-5-10-17)15-22-21(26)23-16-19(20-11-8-14-27-20)25-12-6-7-13-25/h3-5,8-11,14,18-19H,6-7,12-13,15-16H2,1-2H3,(H2,22,23,26). The van der Waals surface area contributed by atoms with E-state index in [1.54, 1.807) is 6.26 Å². The molecule has 1 aliphatic rings. The number of carbonyl (C=O) groups excluding carboxylic acids is 1. The largest absolute Gasteiger partial charge is 0.468 e. The molecule has 0 spiro atoms. The zero-order valence-corrected chi connectivity index (χ0v) is 16.2. The number of amides is 2. The van der Waals surface area contributed by atoms with Crippen molar-refractivity contribution in [3.8, 4) is 0 Å². The van der Waals surface area contributed by atoms with Crippen molar-refractivity contribution in [1.82, 2.24) is 20.4 Å². The molecular weight excluding hydrogens is 340 g/mol. The SMILES string of the molecule is CN(C)C(CNC(=O)NCC(c1ccco1)N1CCCC1)c1ccccc1. The highest BCUT2D eigenvalue weighted by molar-refractivity contribution is 5.73. The molecule has 6 nitrogen and oxygen atoms in total. The molecule has 1 aromatic heterocycles. The zero-order chi connectivity index (χ0) is 19.1. The van der Waals surface area contributed by atoms with E-state index in [9.17, 15) is 4.79 Å². The number of furan rings is 1. The van der Waals surface area contributed by atoms with Gasteiger partial charge in [0.1, 0.15) is 5.76 Å². The van der Waals surface area contributed by atoms with Crippen molar-refractivity contribution in [3.05, 3.63) is 60.1 Å². The lowest BCUT2D eigenvalue weighted by Crippen LogP contribution is -2.43. The third-order valence-electron chi connectivity index (χ3n) is 5.17. The number of likely N-dealkylation sites (tertiary alicyclic amines) is 1. The predicted molar refractivity (Wildman–Crippen MR) is 107 cm³/mol. The zero-order valence-electron chi connectivity index (χ0n) is 16.2. The summed E-state index contributed by atoms with van der Waals surface area (Å²) in [5.41, 5.74) is 1.19. The normalized spacial score (nSPS) is 17.0. The summed E-state index contributed by atoms with van der Waals surface area (Å²) in [4.78, 5) is 16.9. The third kappa shape index (κ3) is 5.34. The first-order chi connectivity index (χ1) is 13.1. The van der Waals surface area contributed by atoms with Crippen molar-refractivity contribution in [3.63, 3.8) is 0 Å². The van der Waals surface area contributed by atoms with E-state index in [0.29, 0.717) is 13.1 Å². The Balaban J connectivity index is 1.53. The van der Waals surface area contributed by atoms with Gasteiger partial charge in [-0.15, -0.1) is 0 Å². The van der Waals surface area contributed by atoms with E-state index in [4.69, 9.17) is 4.42 Å². The molecule has 1 fully saturated rings. The molecule has 2 heterocycles. The summed E-state index contributed by atoms with van der Waals surface area (Å²) < 4.78 is 5.61. The number of rotatable bonds is 8. The van der Waals surface area contributed by atoms with Crippen LogP contribution < -0.4 is 10.6 Å². The summed E-state index contributed by atoms with van der Waals surface area (Å²) in [7, 11) is 4.05. The molecule has 0 saturated carbocycles. The Kier molecular flexibility index (Phi) is 6.90. The second kappa shape index (κ2) is 9.58. The van der Waals surface area contributed by atoms with Gasteiger partial charge in [-0.3, -0.25) is 4.90 Å². The van der Waals surface area contributed by atoms with Gasteiger partial charge >= 0.3 is 6.03 Å². The number of nitrogens with zero attached hydrogens (tertiary/aromatic N) is 2. The van der Waals surface area contributed by atoms with Crippen LogP contribution >= 0.6 is 0 Å². The summed E-state index contributed by atoms with van der Waals surface area (Å²) in [6.45, 7) is 3.19. The fourth-order valence-electron chi connectivity index (χ4n) is 3.66. The maximum absolute atomic E-state index is 12.4. The highest BCUT2D eigenvalue weighted by Crippen LogP contribution is 2.24. The van der Waals surface area contributed by atoms with Crippen molar-refractivity contribution in [2.24, 2.45) is 0 Å². The topological polar surface area (TPSA) is 60.8 Å². The van der Waals surface area contributed by atoms with E-state index in [1.165, 1.54) is 18.4 Å². The third-order valence-corrected chi connectivity index (χ3v) is 5.17. The van der Waals surface area contributed by atoms with Crippen LogP contribution in [-0.2, 0) is 0 Å². The molecule has 2 amide bonds. The Morgan fingerprint density at radius 3 is 2.41 bits per heavy atom. The van der Waals surface area contributed by atoms with Crippen LogP contribution in [0.15, 0.2) is 53.1 Å². The number of likely N-dealkylation sites (N-methyl/N-ethyl adjacent to an activating group) is 1. The van der Waals surface area contributed by atoms with E-state index in [-0.39, 0.29) is 18.1 Å². The second-order valence-electron chi connectivity index (χ2n) is 7.26. The highest BCUT2D eigenvalue weighted by atomic mass is 16.3. The van der Waals surface area contributed by atoms with Gasteiger partial charge in [-0.1, -0.05) is 30.3 Å². The van der Waals surface area contributed by atoms with Crippen LogP contribution in [0, 0.1) is 0 Å². The average Bonchev–Trinajstić information content (AvgIpc) is 3.37. The van der Waals surface area contributed by atoms with E-state index in [2.05, 4.69) is 32.6 Å². The van der Waals surface area contributed by atoms with Gasteiger partial charge < -0.3 is 20.0 Å². The van der Waals surface area contributed by atoms with Crippen LogP contribution in [0.2, 0.25) is 0 Å². The molecule has 0 bridgehead atoms. The van der Waals surface area contributed by atoms with Gasteiger partial charge in [-0.2, -0.15) is 0 Å². The fraction of sp³-hybridized carbons (Fsp3) is 0.476. The van der Waals surface area contributed by atoms with Gasteiger partial charge in [0.05, 0.1) is 18.3 Å². The Labute approximate surface area is 161 Å². The van der Waals surface area contributed by atoms with Gasteiger partial charge in [0.2, 0.25) is 0 Å². The average molecular weight is 370 g/mol. The summed E-state index contributed by atoms with van der Waals surface area (Å²) in [6.07, 6.45) is 4.09. The summed E-state index contributed by atoms with van der Waals surface area (Å²) >= 11 is 0. The first kappa shape index (κ1) is 19.5. The van der Waals surface area contributed by atoms with Gasteiger partial charge in [0, 0.05) is 13.1 Å². The monoisotopic (exact) mass is 370 g/mol. The van der Waals surface area contributed by atoms with E-state index < -0.39 is 0 Å². The molecule has 2 atom stereocenters. The minimum absolute atomic E-state index is 0.0898. The molecule has 1 saturated heterocycles. The van der Waals surface area contributed by atoms with Crippen LogP contribution in [0.1, 0.15) is 36.2 Å². The van der Waals surface area contributed by atoms with Gasteiger partial charge in [-0.25, -0.2) is 4.79 Å². The second-order valence-corrected chi connectivity index (χ2v) is 7.26. The molecule has 1 aromatic carbocycles. The quantitative estimate of drug-likeness (QED) is 0.750. The lowest BCUT2D eigenvalue weighted by Gasteiger charge is -2.27. The van der Waals surface area contributed by atoms with Crippen molar-refractivity contribution >= 4 is 6.03 Å². The molecule has 0 aliphatic carbocycles. The molecule has 27 heavy (non-hydrogen) atoms. The highest BCUT2D eigenvalue weighted by Gasteiger charge is 2.26. The minimum Gasteiger partial charge on any atom is -0.468 e. The molecule has 2 N–H and O–H groups in total. The molecule has 1 aliphatic heterocycles. The van der Waals surface area contributed by atoms with Crippen molar-refractivity contribution in [2.45, 2.75) is 24.9 Å². The van der Waals surface area contributed by atoms with E-state index in [1.807, 2.05) is 44.4 Å². The smallest absolute Gasteiger partial charge is 0.314 e. The molecule has 146 valence electrons. The summed E-state index contributed by atoms with van der Waals surface area (Å²) in [5, 5.41) is 6.04.